The first-order chi connectivity index (χ1) is 10.9. The maximum Gasteiger partial charge on any atom is 0.239 e. The van der Waals surface area contributed by atoms with Crippen LogP contribution in [-0.4, -0.2) is 29.8 Å². The van der Waals surface area contributed by atoms with Crippen molar-refractivity contribution in [2.45, 2.75) is 39.5 Å². The van der Waals surface area contributed by atoms with Crippen molar-refractivity contribution in [1.82, 2.24) is 4.90 Å². The second-order valence-electron chi connectivity index (χ2n) is 6.47. The lowest BCUT2D eigenvalue weighted by Gasteiger charge is -2.30. The van der Waals surface area contributed by atoms with E-state index in [1.54, 1.807) is 38.1 Å². The minimum atomic E-state index is -1.11. The third-order valence-electron chi connectivity index (χ3n) is 4.27. The zero-order valence-electron chi connectivity index (χ0n) is 13.8. The number of nitrogens with one attached hydrogen (secondary N) is 1. The van der Waals surface area contributed by atoms with Crippen LogP contribution in [0.1, 0.15) is 45.1 Å². The van der Waals surface area contributed by atoms with E-state index in [0.29, 0.717) is 11.3 Å². The second kappa shape index (κ2) is 7.28. The van der Waals surface area contributed by atoms with Gasteiger partial charge in [-0.2, -0.15) is 5.26 Å². The molecule has 0 aromatic heterocycles. The van der Waals surface area contributed by atoms with Crippen molar-refractivity contribution >= 4 is 17.5 Å². The van der Waals surface area contributed by atoms with Crippen molar-refractivity contribution in [2.75, 3.05) is 18.4 Å². The van der Waals surface area contributed by atoms with Crippen molar-refractivity contribution in [1.29, 1.82) is 5.26 Å². The number of carbonyl (C=O) groups is 2. The van der Waals surface area contributed by atoms with Gasteiger partial charge in [0.25, 0.3) is 0 Å². The molecule has 0 saturated carbocycles. The van der Waals surface area contributed by atoms with Gasteiger partial charge in [0.15, 0.2) is 0 Å². The van der Waals surface area contributed by atoms with E-state index < -0.39 is 5.41 Å². The van der Waals surface area contributed by atoms with E-state index in [0.717, 1.165) is 38.8 Å². The normalized spacial score (nSPS) is 15.4. The summed E-state index contributed by atoms with van der Waals surface area (Å²) in [6.07, 6.45) is 4.28. The average Bonchev–Trinajstić information content (AvgIpc) is 2.84. The SMILES string of the molecule is CC(C)(C(=O)Nc1ccc(C#N)cc1)C(=O)N1CCCCCC1. The Balaban J connectivity index is 2.05. The summed E-state index contributed by atoms with van der Waals surface area (Å²) in [5, 5.41) is 11.6. The third-order valence-corrected chi connectivity index (χ3v) is 4.27. The number of hydrogen-bond donors (Lipinski definition) is 1. The Morgan fingerprint density at radius 2 is 1.65 bits per heavy atom. The number of hydrogen-bond acceptors (Lipinski definition) is 3. The molecule has 1 aromatic rings. The van der Waals surface area contributed by atoms with Crippen molar-refractivity contribution < 1.29 is 9.59 Å². The van der Waals surface area contributed by atoms with Gasteiger partial charge in [-0.1, -0.05) is 12.8 Å². The molecule has 2 rings (SSSR count). The molecular weight excluding hydrogens is 290 g/mol. The Hall–Kier alpha value is -2.35. The first kappa shape index (κ1) is 17.0. The van der Waals surface area contributed by atoms with Crippen LogP contribution in [0.15, 0.2) is 24.3 Å². The molecule has 1 aliphatic heterocycles. The molecule has 0 unspecified atom stereocenters. The predicted octanol–water partition coefficient (Wildman–Crippen LogP) is 2.93. The Morgan fingerprint density at radius 3 is 2.17 bits per heavy atom. The highest BCUT2D eigenvalue weighted by molar-refractivity contribution is 6.09. The standard InChI is InChI=1S/C18H23N3O2/c1-18(2,17(23)21-11-5-3-4-6-12-21)16(22)20-15-9-7-14(13-19)8-10-15/h7-10H,3-6,11-12H2,1-2H3,(H,20,22). The molecule has 122 valence electrons. The number of carbonyl (C=O) groups excluding carboxylic acids is 2. The molecule has 2 amide bonds. The molecule has 1 saturated heterocycles. The van der Waals surface area contributed by atoms with Crippen molar-refractivity contribution in [3.05, 3.63) is 29.8 Å². The summed E-state index contributed by atoms with van der Waals surface area (Å²) in [6, 6.07) is 8.65. The number of rotatable bonds is 3. The maximum absolute atomic E-state index is 12.7. The lowest BCUT2D eigenvalue weighted by Crippen LogP contribution is -2.47. The monoisotopic (exact) mass is 313 g/mol. The fraction of sp³-hybridized carbons (Fsp3) is 0.500. The lowest BCUT2D eigenvalue weighted by atomic mass is 9.90. The smallest absolute Gasteiger partial charge is 0.239 e. The average molecular weight is 313 g/mol. The molecule has 1 aromatic carbocycles. The number of amides is 2. The Morgan fingerprint density at radius 1 is 1.09 bits per heavy atom. The molecule has 5 heteroatoms. The summed E-state index contributed by atoms with van der Waals surface area (Å²) < 4.78 is 0. The zero-order chi connectivity index (χ0) is 16.9. The van der Waals surface area contributed by atoms with Crippen LogP contribution in [0, 0.1) is 16.7 Å². The van der Waals surface area contributed by atoms with Crippen molar-refractivity contribution in [3.8, 4) is 6.07 Å². The van der Waals surface area contributed by atoms with Crippen LogP contribution in [0.4, 0.5) is 5.69 Å². The highest BCUT2D eigenvalue weighted by Gasteiger charge is 2.39. The fourth-order valence-corrected chi connectivity index (χ4v) is 2.68. The molecule has 1 fully saturated rings. The van der Waals surface area contributed by atoms with Crippen LogP contribution in [0.25, 0.3) is 0 Å². The predicted molar refractivity (Wildman–Crippen MR) is 88.6 cm³/mol. The Bertz CT molecular complexity index is 606. The van der Waals surface area contributed by atoms with Gasteiger partial charge in [-0.05, 0) is 51.0 Å². The van der Waals surface area contributed by atoms with Crippen molar-refractivity contribution in [3.63, 3.8) is 0 Å². The summed E-state index contributed by atoms with van der Waals surface area (Å²) in [4.78, 5) is 27.1. The van der Waals surface area contributed by atoms with Crippen LogP contribution < -0.4 is 5.32 Å². The van der Waals surface area contributed by atoms with Gasteiger partial charge in [-0.15, -0.1) is 0 Å². The highest BCUT2D eigenvalue weighted by Crippen LogP contribution is 2.24. The maximum atomic E-state index is 12.7. The number of likely N-dealkylation sites (tertiary alicyclic amines) is 1. The van der Waals surface area contributed by atoms with E-state index >= 15 is 0 Å². The molecule has 0 bridgehead atoms. The summed E-state index contributed by atoms with van der Waals surface area (Å²) in [5.41, 5.74) is 0.00626. The zero-order valence-corrected chi connectivity index (χ0v) is 13.8. The molecule has 5 nitrogen and oxygen atoms in total. The largest absolute Gasteiger partial charge is 0.342 e. The van der Waals surface area contributed by atoms with Gasteiger partial charge < -0.3 is 10.2 Å². The second-order valence-corrected chi connectivity index (χ2v) is 6.47. The van der Waals surface area contributed by atoms with Gasteiger partial charge >= 0.3 is 0 Å². The minimum absolute atomic E-state index is 0.120. The fourth-order valence-electron chi connectivity index (χ4n) is 2.68. The van der Waals surface area contributed by atoms with Crippen LogP contribution in [0.2, 0.25) is 0 Å². The molecule has 0 radical (unpaired) electrons. The van der Waals surface area contributed by atoms with Gasteiger partial charge in [-0.3, -0.25) is 9.59 Å². The first-order valence-electron chi connectivity index (χ1n) is 8.06. The molecule has 1 heterocycles. The highest BCUT2D eigenvalue weighted by atomic mass is 16.2. The number of benzene rings is 1. The van der Waals surface area contributed by atoms with E-state index in [2.05, 4.69) is 5.32 Å². The van der Waals surface area contributed by atoms with E-state index in [-0.39, 0.29) is 11.8 Å². The Kier molecular flexibility index (Phi) is 5.38. The lowest BCUT2D eigenvalue weighted by molar-refractivity contribution is -0.146. The van der Waals surface area contributed by atoms with E-state index in [1.807, 2.05) is 11.0 Å². The molecule has 0 aliphatic carbocycles. The summed E-state index contributed by atoms with van der Waals surface area (Å²) in [6.45, 7) is 4.79. The third kappa shape index (κ3) is 4.10. The molecule has 0 spiro atoms. The summed E-state index contributed by atoms with van der Waals surface area (Å²) in [7, 11) is 0. The van der Waals surface area contributed by atoms with E-state index in [1.165, 1.54) is 0 Å². The quantitative estimate of drug-likeness (QED) is 0.872. The topological polar surface area (TPSA) is 73.2 Å². The number of anilines is 1. The van der Waals surface area contributed by atoms with E-state index in [4.69, 9.17) is 5.26 Å². The number of nitrogens with zero attached hydrogens (tertiary/aromatic N) is 2. The molecule has 0 atom stereocenters. The van der Waals surface area contributed by atoms with Gasteiger partial charge in [0, 0.05) is 18.8 Å². The van der Waals surface area contributed by atoms with E-state index in [9.17, 15) is 9.59 Å². The molecule has 1 N–H and O–H groups in total. The van der Waals surface area contributed by atoms with Gasteiger partial charge in [-0.25, -0.2) is 0 Å². The molecule has 1 aliphatic rings. The van der Waals surface area contributed by atoms with Crippen LogP contribution >= 0.6 is 0 Å². The molecule has 23 heavy (non-hydrogen) atoms. The van der Waals surface area contributed by atoms with Gasteiger partial charge in [0.1, 0.15) is 5.41 Å². The summed E-state index contributed by atoms with van der Waals surface area (Å²) >= 11 is 0. The summed E-state index contributed by atoms with van der Waals surface area (Å²) in [5.74, 6) is -0.443. The Labute approximate surface area is 137 Å². The van der Waals surface area contributed by atoms with Gasteiger partial charge in [0.05, 0.1) is 11.6 Å². The molecular formula is C18H23N3O2. The van der Waals surface area contributed by atoms with Crippen LogP contribution in [0.5, 0.6) is 0 Å². The number of nitriles is 1. The van der Waals surface area contributed by atoms with Gasteiger partial charge in [0.2, 0.25) is 11.8 Å². The van der Waals surface area contributed by atoms with Crippen LogP contribution in [0.3, 0.4) is 0 Å². The van der Waals surface area contributed by atoms with Crippen molar-refractivity contribution in [2.24, 2.45) is 5.41 Å². The minimum Gasteiger partial charge on any atom is -0.342 e. The first-order valence-corrected chi connectivity index (χ1v) is 8.06. The van der Waals surface area contributed by atoms with Crippen LogP contribution in [-0.2, 0) is 9.59 Å².